The average molecular weight is 544 g/mol. The molecule has 202 valence electrons. The Morgan fingerprint density at radius 1 is 1.18 bits per heavy atom. The molecule has 1 fully saturated rings. The molecule has 0 saturated heterocycles. The van der Waals surface area contributed by atoms with Gasteiger partial charge >= 0.3 is 6.18 Å². The molecule has 5 nitrogen and oxygen atoms in total. The first-order chi connectivity index (χ1) is 18.2. The van der Waals surface area contributed by atoms with Crippen LogP contribution in [0.15, 0.2) is 47.4 Å². The van der Waals surface area contributed by atoms with Crippen molar-refractivity contribution >= 4 is 39.9 Å². The Hall–Kier alpha value is -3.25. The first kappa shape index (κ1) is 27.8. The summed E-state index contributed by atoms with van der Waals surface area (Å²) in [6.45, 7) is 0.472. The number of phenolic OH excluding ortho intramolecular Hbond substituents is 1. The number of benzene rings is 2. The molecule has 0 spiro atoms. The minimum absolute atomic E-state index is 0.0509. The number of halogens is 3. The van der Waals surface area contributed by atoms with Gasteiger partial charge in [-0.3, -0.25) is 9.69 Å². The lowest BCUT2D eigenvalue weighted by Gasteiger charge is -2.24. The second kappa shape index (κ2) is 12.1. The molecule has 0 atom stereocenters. The van der Waals surface area contributed by atoms with Crippen LogP contribution in [0.4, 0.5) is 24.5 Å². The molecule has 2 aromatic carbocycles. The van der Waals surface area contributed by atoms with Gasteiger partial charge in [-0.05, 0) is 61.4 Å². The lowest BCUT2D eigenvalue weighted by Crippen LogP contribution is -2.30. The van der Waals surface area contributed by atoms with Gasteiger partial charge in [0.05, 0.1) is 23.4 Å². The maximum absolute atomic E-state index is 13.6. The smallest absolute Gasteiger partial charge is 0.406 e. The van der Waals surface area contributed by atoms with E-state index in [9.17, 15) is 23.1 Å². The highest BCUT2D eigenvalue weighted by molar-refractivity contribution is 7.98. The summed E-state index contributed by atoms with van der Waals surface area (Å²) < 4.78 is 41.9. The molecule has 0 radical (unpaired) electrons. The Balaban J connectivity index is 1.69. The predicted octanol–water partition coefficient (Wildman–Crippen LogP) is 7.17. The highest BCUT2D eigenvalue weighted by atomic mass is 32.2. The zero-order valence-corrected chi connectivity index (χ0v) is 22.4. The van der Waals surface area contributed by atoms with Crippen LogP contribution in [0, 0.1) is 11.8 Å². The van der Waals surface area contributed by atoms with Gasteiger partial charge in [0.2, 0.25) is 5.91 Å². The molecule has 1 aliphatic rings. The number of carbonyl (C=O) groups is 1. The van der Waals surface area contributed by atoms with Crippen molar-refractivity contribution in [3.05, 3.63) is 48.2 Å². The van der Waals surface area contributed by atoms with Crippen molar-refractivity contribution in [2.75, 3.05) is 23.0 Å². The minimum atomic E-state index is -4.43. The third-order valence-corrected chi connectivity index (χ3v) is 7.50. The van der Waals surface area contributed by atoms with E-state index in [1.54, 1.807) is 43.3 Å². The fraction of sp³-hybridized carbons (Fsp3) is 0.414. The SMILES string of the molecule is CCC(=O)N(CC#Cc1cc2c(NC3CCCCC3)cccc2n1CC(F)(F)F)c1ccc(SC)cc1O. The third kappa shape index (κ3) is 6.60. The minimum Gasteiger partial charge on any atom is -0.506 e. The van der Waals surface area contributed by atoms with Crippen molar-refractivity contribution in [3.63, 3.8) is 0 Å². The summed E-state index contributed by atoms with van der Waals surface area (Å²) in [7, 11) is 0. The van der Waals surface area contributed by atoms with Gasteiger partial charge < -0.3 is 15.0 Å². The summed E-state index contributed by atoms with van der Waals surface area (Å²) >= 11 is 1.46. The van der Waals surface area contributed by atoms with Crippen LogP contribution in [0.5, 0.6) is 5.75 Å². The Bertz CT molecular complexity index is 1350. The molecule has 9 heteroatoms. The van der Waals surface area contributed by atoms with E-state index in [1.807, 2.05) is 12.3 Å². The Morgan fingerprint density at radius 3 is 2.61 bits per heavy atom. The third-order valence-electron chi connectivity index (χ3n) is 6.78. The van der Waals surface area contributed by atoms with Gasteiger partial charge in [-0.1, -0.05) is 38.2 Å². The second-order valence-electron chi connectivity index (χ2n) is 9.44. The molecule has 4 rings (SSSR count). The van der Waals surface area contributed by atoms with Crippen LogP contribution in [-0.2, 0) is 11.3 Å². The van der Waals surface area contributed by atoms with Gasteiger partial charge in [0.25, 0.3) is 0 Å². The number of fused-ring (bicyclic) bond motifs is 1. The number of aromatic hydroxyl groups is 1. The van der Waals surface area contributed by atoms with Crippen LogP contribution in [0.1, 0.15) is 51.1 Å². The van der Waals surface area contributed by atoms with Crippen LogP contribution in [0.25, 0.3) is 10.9 Å². The summed E-state index contributed by atoms with van der Waals surface area (Å²) in [4.78, 5) is 14.9. The predicted molar refractivity (Wildman–Crippen MR) is 148 cm³/mol. The highest BCUT2D eigenvalue weighted by Crippen LogP contribution is 2.33. The number of nitrogens with one attached hydrogen (secondary N) is 1. The summed E-state index contributed by atoms with van der Waals surface area (Å²) in [5, 5.41) is 14.7. The number of anilines is 2. The average Bonchev–Trinajstić information content (AvgIpc) is 3.23. The molecule has 38 heavy (non-hydrogen) atoms. The first-order valence-electron chi connectivity index (χ1n) is 12.8. The molecular formula is C29H32F3N3O2S. The number of thioether (sulfide) groups is 1. The molecule has 1 saturated carbocycles. The number of carbonyl (C=O) groups excluding carboxylic acids is 1. The Labute approximate surface area is 225 Å². The summed E-state index contributed by atoms with van der Waals surface area (Å²) in [6, 6.07) is 12.4. The van der Waals surface area contributed by atoms with Gasteiger partial charge in [0.15, 0.2) is 0 Å². The maximum atomic E-state index is 13.6. The second-order valence-corrected chi connectivity index (χ2v) is 10.3. The van der Waals surface area contributed by atoms with Crippen molar-refractivity contribution in [2.24, 2.45) is 0 Å². The topological polar surface area (TPSA) is 57.5 Å². The van der Waals surface area contributed by atoms with Crippen LogP contribution < -0.4 is 10.2 Å². The van der Waals surface area contributed by atoms with Crippen molar-refractivity contribution in [2.45, 2.75) is 69.1 Å². The highest BCUT2D eigenvalue weighted by Gasteiger charge is 2.30. The van der Waals surface area contributed by atoms with Gasteiger partial charge in [-0.25, -0.2) is 0 Å². The van der Waals surface area contributed by atoms with Gasteiger partial charge in [-0.15, -0.1) is 11.8 Å². The van der Waals surface area contributed by atoms with E-state index in [2.05, 4.69) is 17.2 Å². The lowest BCUT2D eigenvalue weighted by atomic mass is 9.95. The van der Waals surface area contributed by atoms with E-state index in [1.165, 1.54) is 27.6 Å². The molecule has 2 N–H and O–H groups in total. The molecular weight excluding hydrogens is 511 g/mol. The molecule has 3 aromatic rings. The Morgan fingerprint density at radius 2 is 1.95 bits per heavy atom. The molecule has 1 heterocycles. The molecule has 1 amide bonds. The lowest BCUT2D eigenvalue weighted by molar-refractivity contribution is -0.140. The van der Waals surface area contributed by atoms with Crippen molar-refractivity contribution < 1.29 is 23.1 Å². The number of hydrogen-bond acceptors (Lipinski definition) is 4. The number of rotatable bonds is 7. The molecule has 0 bridgehead atoms. The van der Waals surface area contributed by atoms with E-state index in [-0.39, 0.29) is 30.3 Å². The molecule has 1 aliphatic carbocycles. The number of aromatic nitrogens is 1. The number of phenols is 1. The fourth-order valence-corrected chi connectivity index (χ4v) is 5.33. The molecule has 0 unspecified atom stereocenters. The van der Waals surface area contributed by atoms with E-state index in [0.29, 0.717) is 22.6 Å². The van der Waals surface area contributed by atoms with Gasteiger partial charge in [-0.2, -0.15) is 13.2 Å². The summed E-state index contributed by atoms with van der Waals surface area (Å²) in [5.74, 6) is 5.47. The van der Waals surface area contributed by atoms with E-state index < -0.39 is 12.7 Å². The quantitative estimate of drug-likeness (QED) is 0.245. The summed E-state index contributed by atoms with van der Waals surface area (Å²) in [6.07, 6.45) is 3.22. The van der Waals surface area contributed by atoms with E-state index in [0.717, 1.165) is 36.3 Å². The van der Waals surface area contributed by atoms with E-state index >= 15 is 0 Å². The fourth-order valence-electron chi connectivity index (χ4n) is 4.90. The Kier molecular flexibility index (Phi) is 8.83. The largest absolute Gasteiger partial charge is 0.506 e. The van der Waals surface area contributed by atoms with Crippen molar-refractivity contribution in [3.8, 4) is 17.6 Å². The maximum Gasteiger partial charge on any atom is 0.406 e. The molecule has 1 aromatic heterocycles. The summed E-state index contributed by atoms with van der Waals surface area (Å²) in [5.41, 5.74) is 1.80. The van der Waals surface area contributed by atoms with Crippen LogP contribution >= 0.6 is 11.8 Å². The van der Waals surface area contributed by atoms with E-state index in [4.69, 9.17) is 0 Å². The van der Waals surface area contributed by atoms with Crippen molar-refractivity contribution in [1.29, 1.82) is 0 Å². The number of nitrogens with zero attached hydrogens (tertiary/aromatic N) is 2. The van der Waals surface area contributed by atoms with Gasteiger partial charge in [0, 0.05) is 28.4 Å². The normalized spacial score (nSPS) is 14.2. The van der Waals surface area contributed by atoms with Crippen LogP contribution in [0.2, 0.25) is 0 Å². The zero-order valence-electron chi connectivity index (χ0n) is 21.6. The monoisotopic (exact) mass is 543 g/mol. The van der Waals surface area contributed by atoms with Crippen LogP contribution in [0.3, 0.4) is 0 Å². The zero-order chi connectivity index (χ0) is 27.3. The van der Waals surface area contributed by atoms with Crippen LogP contribution in [-0.4, -0.2) is 40.6 Å². The van der Waals surface area contributed by atoms with Gasteiger partial charge in [0.1, 0.15) is 12.3 Å². The van der Waals surface area contributed by atoms with Crippen molar-refractivity contribution in [1.82, 2.24) is 4.57 Å². The number of alkyl halides is 3. The number of hydrogen-bond donors (Lipinski definition) is 2. The standard InChI is InChI=1S/C29H32F3N3O2S/c1-3-28(37)34(26-15-14-22(38-2)18-27(26)36)16-8-11-21-17-23-24(33-20-9-5-4-6-10-20)12-7-13-25(23)35(21)19-29(30,31)32/h7,12-15,17-18,20,33,36H,3-6,9-10,16,19H2,1-2H3. The first-order valence-corrected chi connectivity index (χ1v) is 14.0. The molecule has 0 aliphatic heterocycles. The number of amides is 1.